The Hall–Kier alpha value is -3.51. The van der Waals surface area contributed by atoms with Crippen LogP contribution in [0.25, 0.3) is 0 Å². The lowest BCUT2D eigenvalue weighted by Crippen LogP contribution is -2.44. The Morgan fingerprint density at radius 3 is 2.34 bits per heavy atom. The van der Waals surface area contributed by atoms with Crippen molar-refractivity contribution in [3.63, 3.8) is 0 Å². The van der Waals surface area contributed by atoms with Gasteiger partial charge in [0, 0.05) is 21.9 Å². The van der Waals surface area contributed by atoms with Crippen LogP contribution in [0.2, 0.25) is 0 Å². The Bertz CT molecular complexity index is 1090. The van der Waals surface area contributed by atoms with Gasteiger partial charge in [0.2, 0.25) is 5.96 Å². The second-order valence-corrected chi connectivity index (χ2v) is 8.98. The number of aryl methyl sites for hydroxylation is 1. The van der Waals surface area contributed by atoms with E-state index in [2.05, 4.69) is 89.8 Å². The molecular formula is C26H27N5S. The topological polar surface area (TPSA) is 60.8 Å². The van der Waals surface area contributed by atoms with E-state index >= 15 is 0 Å². The first-order chi connectivity index (χ1) is 15.7. The number of hydrazone groups is 1. The number of benzene rings is 3. The maximum absolute atomic E-state index is 4.86. The lowest BCUT2D eigenvalue weighted by atomic mass is 9.97. The van der Waals surface area contributed by atoms with E-state index in [1.165, 1.54) is 10.5 Å². The van der Waals surface area contributed by atoms with Gasteiger partial charge in [-0.2, -0.15) is 5.10 Å². The summed E-state index contributed by atoms with van der Waals surface area (Å²) in [6.45, 7) is 4.27. The van der Waals surface area contributed by atoms with Crippen molar-refractivity contribution in [2.24, 2.45) is 10.1 Å². The fourth-order valence-corrected chi connectivity index (χ4v) is 4.20. The van der Waals surface area contributed by atoms with Gasteiger partial charge in [-0.15, -0.1) is 11.8 Å². The van der Waals surface area contributed by atoms with E-state index in [1.54, 1.807) is 0 Å². The lowest BCUT2D eigenvalue weighted by molar-refractivity contribution is 0.735. The summed E-state index contributed by atoms with van der Waals surface area (Å²) in [4.78, 5) is 6.12. The molecule has 5 nitrogen and oxygen atoms in total. The van der Waals surface area contributed by atoms with Crippen molar-refractivity contribution in [2.45, 2.75) is 30.0 Å². The molecule has 3 aromatic rings. The first-order valence-corrected chi connectivity index (χ1v) is 11.5. The van der Waals surface area contributed by atoms with Crippen LogP contribution in [0, 0.1) is 6.92 Å². The minimum atomic E-state index is -0.191. The third-order valence-electron chi connectivity index (χ3n) is 4.97. The standard InChI is InChI=1S/C26H27N5S/c1-19-13-15-23(16-14-19)32-20(2)17-18-27-30-26-28-24(21-9-5-3-6-10-21)25(29-31-26)22-11-7-4-8-12-22/h3-18,20,24,27H,1-2H3,(H2,28,30,31)/b18-17-/t20-,24-/m1/s1. The van der Waals surface area contributed by atoms with Crippen molar-refractivity contribution < 1.29 is 0 Å². The normalized spacial score (nSPS) is 16.6. The van der Waals surface area contributed by atoms with Gasteiger partial charge in [-0.05, 0) is 31.5 Å². The van der Waals surface area contributed by atoms with Crippen LogP contribution < -0.4 is 16.3 Å². The molecule has 0 radical (unpaired) electrons. The van der Waals surface area contributed by atoms with Gasteiger partial charge in [-0.3, -0.25) is 5.43 Å². The molecule has 0 unspecified atom stereocenters. The van der Waals surface area contributed by atoms with Gasteiger partial charge in [0.25, 0.3) is 0 Å². The highest BCUT2D eigenvalue weighted by Crippen LogP contribution is 2.25. The molecule has 1 aliphatic heterocycles. The molecule has 3 N–H and O–H groups in total. The van der Waals surface area contributed by atoms with Gasteiger partial charge in [0.05, 0.1) is 5.71 Å². The second-order valence-electron chi connectivity index (χ2n) is 7.53. The molecular weight excluding hydrogens is 414 g/mol. The fourth-order valence-electron chi connectivity index (χ4n) is 3.32. The van der Waals surface area contributed by atoms with E-state index in [4.69, 9.17) is 4.99 Å². The maximum Gasteiger partial charge on any atom is 0.232 e. The molecule has 0 aliphatic carbocycles. The van der Waals surface area contributed by atoms with Gasteiger partial charge < -0.3 is 5.43 Å². The SMILES string of the molecule is Cc1ccc(S[C@H](C)/C=C\NNC2=N[C@H](c3ccccc3)C(c3ccccc3)=NN2)cc1. The van der Waals surface area contributed by atoms with Crippen molar-refractivity contribution in [2.75, 3.05) is 0 Å². The van der Waals surface area contributed by atoms with Crippen molar-refractivity contribution >= 4 is 23.4 Å². The Labute approximate surface area is 193 Å². The molecule has 0 aromatic heterocycles. The zero-order valence-electron chi connectivity index (χ0n) is 18.2. The molecule has 3 aromatic carbocycles. The predicted molar refractivity (Wildman–Crippen MR) is 135 cm³/mol. The number of guanidine groups is 1. The summed E-state index contributed by atoms with van der Waals surface area (Å²) in [6.07, 6.45) is 4.00. The summed E-state index contributed by atoms with van der Waals surface area (Å²) in [5.74, 6) is 0.571. The number of hydrazine groups is 1. The molecule has 0 bridgehead atoms. The third kappa shape index (κ3) is 5.80. The minimum absolute atomic E-state index is 0.191. The number of hydrogen-bond acceptors (Lipinski definition) is 6. The van der Waals surface area contributed by atoms with Crippen molar-refractivity contribution in [1.29, 1.82) is 0 Å². The Morgan fingerprint density at radius 1 is 0.938 bits per heavy atom. The minimum Gasteiger partial charge on any atom is -0.306 e. The predicted octanol–water partition coefficient (Wildman–Crippen LogP) is 5.19. The summed E-state index contributed by atoms with van der Waals surface area (Å²) < 4.78 is 0. The lowest BCUT2D eigenvalue weighted by Gasteiger charge is -2.23. The van der Waals surface area contributed by atoms with Gasteiger partial charge >= 0.3 is 0 Å². The molecule has 162 valence electrons. The molecule has 1 aliphatic rings. The van der Waals surface area contributed by atoms with Crippen molar-refractivity contribution in [1.82, 2.24) is 16.3 Å². The highest BCUT2D eigenvalue weighted by molar-refractivity contribution is 8.00. The van der Waals surface area contributed by atoms with Crippen LogP contribution in [0.3, 0.4) is 0 Å². The van der Waals surface area contributed by atoms with Crippen LogP contribution in [0.1, 0.15) is 29.7 Å². The number of aliphatic imine (C=N–C) groups is 1. The zero-order chi connectivity index (χ0) is 22.2. The van der Waals surface area contributed by atoms with E-state index in [9.17, 15) is 0 Å². The van der Waals surface area contributed by atoms with Crippen LogP contribution in [0.4, 0.5) is 0 Å². The molecule has 0 saturated carbocycles. The van der Waals surface area contributed by atoms with Crippen LogP contribution in [-0.4, -0.2) is 16.9 Å². The molecule has 1 heterocycles. The number of nitrogens with zero attached hydrogens (tertiary/aromatic N) is 2. The molecule has 4 rings (SSSR count). The maximum atomic E-state index is 4.86. The Morgan fingerprint density at radius 2 is 1.62 bits per heavy atom. The molecule has 0 amide bonds. The fraction of sp³-hybridized carbons (Fsp3) is 0.154. The summed E-state index contributed by atoms with van der Waals surface area (Å²) in [5, 5.41) is 4.95. The van der Waals surface area contributed by atoms with Crippen molar-refractivity contribution in [3.8, 4) is 0 Å². The molecule has 2 atom stereocenters. The average Bonchev–Trinajstić information content (AvgIpc) is 2.84. The van der Waals surface area contributed by atoms with Crippen molar-refractivity contribution in [3.05, 3.63) is 114 Å². The van der Waals surface area contributed by atoms with E-state index in [-0.39, 0.29) is 6.04 Å². The third-order valence-corrected chi connectivity index (χ3v) is 6.04. The van der Waals surface area contributed by atoms with E-state index in [1.807, 2.05) is 54.4 Å². The highest BCUT2D eigenvalue weighted by Gasteiger charge is 2.23. The molecule has 6 heteroatoms. The summed E-state index contributed by atoms with van der Waals surface area (Å²) >= 11 is 1.81. The molecule has 32 heavy (non-hydrogen) atoms. The average molecular weight is 442 g/mol. The van der Waals surface area contributed by atoms with Gasteiger partial charge in [-0.25, -0.2) is 10.4 Å². The van der Waals surface area contributed by atoms with Crippen LogP contribution in [0.15, 0.2) is 112 Å². The largest absolute Gasteiger partial charge is 0.306 e. The van der Waals surface area contributed by atoms with Crippen LogP contribution >= 0.6 is 11.8 Å². The van der Waals surface area contributed by atoms with Gasteiger partial charge in [0.1, 0.15) is 6.04 Å². The van der Waals surface area contributed by atoms with Gasteiger partial charge in [0.15, 0.2) is 0 Å². The first kappa shape index (κ1) is 21.7. The Balaban J connectivity index is 1.39. The second kappa shape index (κ2) is 10.7. The quantitative estimate of drug-likeness (QED) is 0.349. The molecule has 0 spiro atoms. The number of rotatable bonds is 7. The van der Waals surface area contributed by atoms with E-state index in [0.717, 1.165) is 16.8 Å². The van der Waals surface area contributed by atoms with E-state index < -0.39 is 0 Å². The number of thioether (sulfide) groups is 1. The Kier molecular flexibility index (Phi) is 7.25. The smallest absolute Gasteiger partial charge is 0.232 e. The zero-order valence-corrected chi connectivity index (χ0v) is 19.0. The summed E-state index contributed by atoms with van der Waals surface area (Å²) in [7, 11) is 0. The van der Waals surface area contributed by atoms with Crippen LogP contribution in [-0.2, 0) is 0 Å². The van der Waals surface area contributed by atoms with E-state index in [0.29, 0.717) is 11.2 Å². The highest BCUT2D eigenvalue weighted by atomic mass is 32.2. The summed E-state index contributed by atoms with van der Waals surface area (Å²) in [6, 6.07) is 28.7. The first-order valence-electron chi connectivity index (χ1n) is 10.6. The van der Waals surface area contributed by atoms with Gasteiger partial charge in [-0.1, -0.05) is 84.4 Å². The molecule has 0 fully saturated rings. The number of nitrogens with one attached hydrogen (secondary N) is 3. The van der Waals surface area contributed by atoms with Crippen LogP contribution in [0.5, 0.6) is 0 Å². The molecule has 0 saturated heterocycles. The number of hydrogen-bond donors (Lipinski definition) is 3. The monoisotopic (exact) mass is 441 g/mol. The summed E-state index contributed by atoms with van der Waals surface area (Å²) in [5.41, 5.74) is 13.5.